The van der Waals surface area contributed by atoms with E-state index in [2.05, 4.69) is 20.2 Å². The first-order valence-corrected chi connectivity index (χ1v) is 6.33. The van der Waals surface area contributed by atoms with Gasteiger partial charge in [0.1, 0.15) is 12.0 Å². The predicted octanol–water partition coefficient (Wildman–Crippen LogP) is 0.749. The van der Waals surface area contributed by atoms with E-state index in [-0.39, 0.29) is 5.91 Å². The molecular weight excluding hydrogens is 242 g/mol. The number of hydrogen-bond acceptors (Lipinski definition) is 4. The van der Waals surface area contributed by atoms with E-state index in [1.165, 1.54) is 5.56 Å². The fourth-order valence-electron chi connectivity index (χ4n) is 2.44. The molecule has 1 amide bonds. The van der Waals surface area contributed by atoms with Crippen LogP contribution in [0.3, 0.4) is 0 Å². The first-order valence-electron chi connectivity index (χ1n) is 6.33. The number of carbonyl (C=O) groups excluding carboxylic acids is 1. The van der Waals surface area contributed by atoms with Gasteiger partial charge in [0.2, 0.25) is 0 Å². The molecule has 6 heteroatoms. The van der Waals surface area contributed by atoms with E-state index in [0.717, 1.165) is 24.2 Å². The number of H-pyrrole nitrogens is 1. The Kier molecular flexibility index (Phi) is 2.98. The summed E-state index contributed by atoms with van der Waals surface area (Å²) in [7, 11) is 0. The van der Waals surface area contributed by atoms with Crippen LogP contribution >= 0.6 is 0 Å². The van der Waals surface area contributed by atoms with Crippen molar-refractivity contribution in [3.8, 4) is 0 Å². The summed E-state index contributed by atoms with van der Waals surface area (Å²) in [6.07, 6.45) is 4.77. The van der Waals surface area contributed by atoms with E-state index in [1.807, 2.05) is 11.8 Å². The molecule has 0 aromatic carbocycles. The van der Waals surface area contributed by atoms with Crippen molar-refractivity contribution in [3.63, 3.8) is 0 Å². The second-order valence-corrected chi connectivity index (χ2v) is 4.65. The Labute approximate surface area is 110 Å². The van der Waals surface area contributed by atoms with E-state index < -0.39 is 0 Å². The molecule has 3 rings (SSSR count). The monoisotopic (exact) mass is 257 g/mol. The third-order valence-corrected chi connectivity index (χ3v) is 3.52. The zero-order chi connectivity index (χ0) is 13.2. The number of nitrogens with one attached hydrogen (secondary N) is 1. The zero-order valence-electron chi connectivity index (χ0n) is 10.8. The quantitative estimate of drug-likeness (QED) is 0.818. The molecule has 0 spiro atoms. The maximum atomic E-state index is 12.3. The maximum Gasteiger partial charge on any atom is 0.271 e. The van der Waals surface area contributed by atoms with Gasteiger partial charge >= 0.3 is 0 Å². The summed E-state index contributed by atoms with van der Waals surface area (Å²) in [4.78, 5) is 22.7. The zero-order valence-corrected chi connectivity index (χ0v) is 10.8. The van der Waals surface area contributed by atoms with Gasteiger partial charge in [-0.1, -0.05) is 0 Å². The highest BCUT2D eigenvalue weighted by Crippen LogP contribution is 2.16. The molecule has 0 bridgehead atoms. The molecular formula is C13H15N5O. The van der Waals surface area contributed by atoms with E-state index in [0.29, 0.717) is 18.8 Å². The van der Waals surface area contributed by atoms with E-state index >= 15 is 0 Å². The molecule has 0 aliphatic carbocycles. The summed E-state index contributed by atoms with van der Waals surface area (Å²) in [6.45, 7) is 3.37. The average molecular weight is 257 g/mol. The van der Waals surface area contributed by atoms with Gasteiger partial charge in [0, 0.05) is 37.1 Å². The molecule has 1 aliphatic rings. The number of aromatic amines is 1. The van der Waals surface area contributed by atoms with Crippen LogP contribution in [0.1, 0.15) is 27.4 Å². The highest BCUT2D eigenvalue weighted by molar-refractivity contribution is 5.92. The predicted molar refractivity (Wildman–Crippen MR) is 68.7 cm³/mol. The summed E-state index contributed by atoms with van der Waals surface area (Å²) in [5.74, 6) is -0.00378. The van der Waals surface area contributed by atoms with Gasteiger partial charge < -0.3 is 4.90 Å². The van der Waals surface area contributed by atoms with E-state index in [4.69, 9.17) is 0 Å². The summed E-state index contributed by atoms with van der Waals surface area (Å²) in [5.41, 5.74) is 3.80. The molecule has 1 N–H and O–H groups in total. The Balaban J connectivity index is 1.80. The molecule has 98 valence electrons. The second-order valence-electron chi connectivity index (χ2n) is 4.65. The van der Waals surface area contributed by atoms with Crippen molar-refractivity contribution >= 4 is 5.91 Å². The number of carbonyl (C=O) groups is 1. The number of aromatic nitrogens is 4. The van der Waals surface area contributed by atoms with Crippen molar-refractivity contribution < 1.29 is 4.79 Å². The average Bonchev–Trinajstić information content (AvgIpc) is 2.85. The number of rotatable bonds is 1. The topological polar surface area (TPSA) is 74.8 Å². The number of fused-ring (bicyclic) bond motifs is 1. The lowest BCUT2D eigenvalue weighted by atomic mass is 10.1. The minimum absolute atomic E-state index is 0.00378. The lowest BCUT2D eigenvalue weighted by molar-refractivity contribution is 0.0757. The Morgan fingerprint density at radius 1 is 1.32 bits per heavy atom. The summed E-state index contributed by atoms with van der Waals surface area (Å²) in [6, 6.07) is 1.70. The highest BCUT2D eigenvalue weighted by Gasteiger charge is 2.22. The van der Waals surface area contributed by atoms with Crippen LogP contribution in [0.2, 0.25) is 0 Å². The van der Waals surface area contributed by atoms with E-state index in [1.54, 1.807) is 18.6 Å². The van der Waals surface area contributed by atoms with Crippen LogP contribution in [0.25, 0.3) is 0 Å². The lowest BCUT2D eigenvalue weighted by Gasteiger charge is -2.18. The molecule has 0 radical (unpaired) electrons. The largest absolute Gasteiger partial charge is 0.337 e. The molecule has 0 saturated heterocycles. The summed E-state index contributed by atoms with van der Waals surface area (Å²) >= 11 is 0. The Morgan fingerprint density at radius 2 is 2.16 bits per heavy atom. The Hall–Kier alpha value is -2.24. The van der Waals surface area contributed by atoms with Gasteiger partial charge in [-0.2, -0.15) is 5.10 Å². The smallest absolute Gasteiger partial charge is 0.271 e. The standard InChI is InChI=1S/C13H15N5O/c1-9-10-3-6-18(7-4-11(10)15-8-14-9)13(19)12-2-5-16-17-12/h2,5,8H,3-4,6-7H2,1H3,(H,16,17). The van der Waals surface area contributed by atoms with Crippen LogP contribution in [-0.4, -0.2) is 44.1 Å². The van der Waals surface area contributed by atoms with Crippen LogP contribution in [-0.2, 0) is 12.8 Å². The fourth-order valence-corrected chi connectivity index (χ4v) is 2.44. The van der Waals surface area contributed by atoms with E-state index in [9.17, 15) is 4.79 Å². The van der Waals surface area contributed by atoms with Crippen molar-refractivity contribution in [3.05, 3.63) is 41.2 Å². The number of nitrogens with zero attached hydrogens (tertiary/aromatic N) is 4. The first-order chi connectivity index (χ1) is 9.25. The van der Waals surface area contributed by atoms with Gasteiger partial charge in [0.25, 0.3) is 5.91 Å². The minimum atomic E-state index is -0.00378. The lowest BCUT2D eigenvalue weighted by Crippen LogP contribution is -2.33. The van der Waals surface area contributed by atoms with Crippen LogP contribution in [0.15, 0.2) is 18.6 Å². The molecule has 19 heavy (non-hydrogen) atoms. The van der Waals surface area contributed by atoms with Gasteiger partial charge in [-0.15, -0.1) is 0 Å². The molecule has 3 heterocycles. The molecule has 0 atom stereocenters. The van der Waals surface area contributed by atoms with Crippen molar-refractivity contribution in [1.29, 1.82) is 0 Å². The molecule has 0 fully saturated rings. The molecule has 6 nitrogen and oxygen atoms in total. The van der Waals surface area contributed by atoms with Crippen LogP contribution in [0, 0.1) is 6.92 Å². The van der Waals surface area contributed by atoms with Crippen molar-refractivity contribution in [2.24, 2.45) is 0 Å². The molecule has 1 aliphatic heterocycles. The van der Waals surface area contributed by atoms with Gasteiger partial charge in [-0.3, -0.25) is 9.89 Å². The van der Waals surface area contributed by atoms with Crippen molar-refractivity contribution in [2.75, 3.05) is 13.1 Å². The molecule has 0 unspecified atom stereocenters. The van der Waals surface area contributed by atoms with Crippen molar-refractivity contribution in [1.82, 2.24) is 25.1 Å². The third-order valence-electron chi connectivity index (χ3n) is 3.52. The Bertz CT molecular complexity index is 593. The Morgan fingerprint density at radius 3 is 2.95 bits per heavy atom. The van der Waals surface area contributed by atoms with Crippen LogP contribution in [0.5, 0.6) is 0 Å². The van der Waals surface area contributed by atoms with Gasteiger partial charge in [0.15, 0.2) is 0 Å². The first kappa shape index (κ1) is 11.8. The second kappa shape index (κ2) is 4.79. The fraction of sp³-hybridized carbons (Fsp3) is 0.385. The molecule has 0 saturated carbocycles. The number of hydrogen-bond donors (Lipinski definition) is 1. The van der Waals surface area contributed by atoms with Gasteiger partial charge in [-0.05, 0) is 25.0 Å². The summed E-state index contributed by atoms with van der Waals surface area (Å²) in [5, 5.41) is 6.54. The van der Waals surface area contributed by atoms with Gasteiger partial charge in [0.05, 0.1) is 0 Å². The van der Waals surface area contributed by atoms with Crippen LogP contribution < -0.4 is 0 Å². The normalized spacial score (nSPS) is 14.9. The molecule has 2 aromatic rings. The molecule has 2 aromatic heterocycles. The third kappa shape index (κ3) is 2.21. The van der Waals surface area contributed by atoms with Crippen LogP contribution in [0.4, 0.5) is 0 Å². The highest BCUT2D eigenvalue weighted by atomic mass is 16.2. The SMILES string of the molecule is Cc1ncnc2c1CCN(C(=O)c1ccn[nH]1)CC2. The minimum Gasteiger partial charge on any atom is -0.337 e. The van der Waals surface area contributed by atoms with Crippen molar-refractivity contribution in [2.45, 2.75) is 19.8 Å². The van der Waals surface area contributed by atoms with Gasteiger partial charge in [-0.25, -0.2) is 9.97 Å². The maximum absolute atomic E-state index is 12.3. The number of aryl methyl sites for hydroxylation is 1. The number of amides is 1. The summed E-state index contributed by atoms with van der Waals surface area (Å²) < 4.78 is 0.